The average molecular weight is 555 g/mol. The van der Waals surface area contributed by atoms with Crippen LogP contribution < -0.4 is 18.9 Å². The van der Waals surface area contributed by atoms with Gasteiger partial charge < -0.3 is 23.7 Å². The smallest absolute Gasteiger partial charge is 0.303 e. The molecule has 4 atom stereocenters. The Kier molecular flexibility index (Phi) is 10.6. The van der Waals surface area contributed by atoms with Crippen LogP contribution in [0.1, 0.15) is 58.4 Å². The minimum Gasteiger partial charge on any atom is -0.493 e. The van der Waals surface area contributed by atoms with Gasteiger partial charge in [0.05, 0.1) is 32.1 Å². The van der Waals surface area contributed by atoms with E-state index in [0.717, 1.165) is 5.56 Å². The summed E-state index contributed by atoms with van der Waals surface area (Å²) in [4.78, 5) is 24.0. The molecule has 1 aliphatic heterocycles. The van der Waals surface area contributed by atoms with Crippen molar-refractivity contribution in [2.75, 3.05) is 20.8 Å². The number of para-hydroxylation sites is 2. The number of nitro groups is 1. The number of methoxy groups -OCH3 is 2. The van der Waals surface area contributed by atoms with Crippen LogP contribution in [0, 0.1) is 27.4 Å². The number of nitriles is 1. The van der Waals surface area contributed by atoms with Crippen LogP contribution in [0.15, 0.2) is 42.5 Å². The molecule has 3 rings (SSSR count). The van der Waals surface area contributed by atoms with Gasteiger partial charge in [-0.15, -0.1) is 0 Å². The van der Waals surface area contributed by atoms with Crippen LogP contribution in [0.2, 0.25) is 0 Å². The average Bonchev–Trinajstić information content (AvgIpc) is 2.96. The number of fused-ring (bicyclic) bond motifs is 1. The molecule has 0 saturated heterocycles. The molecule has 0 saturated carbocycles. The van der Waals surface area contributed by atoms with Crippen molar-refractivity contribution in [2.24, 2.45) is 5.92 Å². The Morgan fingerprint density at radius 1 is 1.15 bits per heavy atom. The highest BCUT2D eigenvalue weighted by atomic mass is 16.6. The zero-order valence-electron chi connectivity index (χ0n) is 23.8. The number of carbonyl (C=O) groups excluding carboxylic acids is 1. The van der Waals surface area contributed by atoms with Crippen LogP contribution in [0.3, 0.4) is 0 Å². The Hall–Kier alpha value is -4.00. The van der Waals surface area contributed by atoms with Crippen molar-refractivity contribution in [1.29, 1.82) is 5.26 Å². The number of benzene rings is 2. The SMILES string of the molecule is CCC(CC)C(C#N)(CCC(OC(C)=O)C(CC1COc2ccccc2O1)[N+](=O)[O-])c1ccc(OC)c(OC)c1. The van der Waals surface area contributed by atoms with Gasteiger partial charge in [-0.3, -0.25) is 14.9 Å². The summed E-state index contributed by atoms with van der Waals surface area (Å²) >= 11 is 0. The maximum absolute atomic E-state index is 12.3. The lowest BCUT2D eigenvalue weighted by molar-refractivity contribution is -0.536. The van der Waals surface area contributed by atoms with Gasteiger partial charge in [0.25, 0.3) is 6.04 Å². The first-order chi connectivity index (χ1) is 19.2. The van der Waals surface area contributed by atoms with E-state index in [1.54, 1.807) is 30.3 Å². The third-order valence-corrected chi connectivity index (χ3v) is 7.69. The van der Waals surface area contributed by atoms with E-state index in [1.807, 2.05) is 26.0 Å². The zero-order valence-corrected chi connectivity index (χ0v) is 23.8. The van der Waals surface area contributed by atoms with Crippen LogP contribution >= 0.6 is 0 Å². The van der Waals surface area contributed by atoms with Crippen LogP contribution in [0.4, 0.5) is 0 Å². The van der Waals surface area contributed by atoms with Gasteiger partial charge in [-0.05, 0) is 48.6 Å². The first-order valence-electron chi connectivity index (χ1n) is 13.6. The van der Waals surface area contributed by atoms with Crippen molar-refractivity contribution >= 4 is 5.97 Å². The van der Waals surface area contributed by atoms with E-state index in [4.69, 9.17) is 23.7 Å². The molecule has 40 heavy (non-hydrogen) atoms. The number of esters is 1. The molecule has 0 fully saturated rings. The molecule has 2 aromatic rings. The Bertz CT molecular complexity index is 1210. The molecule has 0 amide bonds. The first kappa shape index (κ1) is 30.5. The van der Waals surface area contributed by atoms with Crippen molar-refractivity contribution in [3.8, 4) is 29.1 Å². The molecule has 1 aliphatic rings. The van der Waals surface area contributed by atoms with Crippen molar-refractivity contribution in [3.05, 3.63) is 58.1 Å². The van der Waals surface area contributed by atoms with Crippen molar-refractivity contribution in [1.82, 2.24) is 0 Å². The molecule has 4 unspecified atom stereocenters. The summed E-state index contributed by atoms with van der Waals surface area (Å²) < 4.78 is 28.2. The summed E-state index contributed by atoms with van der Waals surface area (Å²) in [5.41, 5.74) is -0.285. The molecule has 10 heteroatoms. The van der Waals surface area contributed by atoms with Gasteiger partial charge in [-0.25, -0.2) is 0 Å². The number of hydrogen-bond acceptors (Lipinski definition) is 9. The quantitative estimate of drug-likeness (QED) is 0.169. The third kappa shape index (κ3) is 6.76. The van der Waals surface area contributed by atoms with Gasteiger partial charge >= 0.3 is 5.97 Å². The van der Waals surface area contributed by atoms with Crippen LogP contribution in [-0.2, 0) is 14.9 Å². The number of hydrogen-bond donors (Lipinski definition) is 0. The molecule has 0 spiro atoms. The van der Waals surface area contributed by atoms with E-state index in [-0.39, 0.29) is 31.8 Å². The van der Waals surface area contributed by atoms with E-state index in [0.29, 0.717) is 35.8 Å². The second kappa shape index (κ2) is 13.9. The van der Waals surface area contributed by atoms with Gasteiger partial charge in [-0.2, -0.15) is 5.26 Å². The molecule has 2 aromatic carbocycles. The molecule has 0 bridgehead atoms. The summed E-state index contributed by atoms with van der Waals surface area (Å²) in [6.45, 7) is 5.40. The topological polar surface area (TPSA) is 130 Å². The molecular formula is C30H38N2O8. The highest BCUT2D eigenvalue weighted by Gasteiger charge is 2.44. The van der Waals surface area contributed by atoms with Gasteiger partial charge in [0, 0.05) is 11.8 Å². The molecule has 0 N–H and O–H groups in total. The summed E-state index contributed by atoms with van der Waals surface area (Å²) in [6.07, 6.45) is 0.0561. The Labute approximate surface area is 235 Å². The summed E-state index contributed by atoms with van der Waals surface area (Å²) in [5, 5.41) is 23.0. The fraction of sp³-hybridized carbons (Fsp3) is 0.533. The Morgan fingerprint density at radius 2 is 1.82 bits per heavy atom. The van der Waals surface area contributed by atoms with Crippen molar-refractivity contribution in [3.63, 3.8) is 0 Å². The predicted octanol–water partition coefficient (Wildman–Crippen LogP) is 5.49. The van der Waals surface area contributed by atoms with Gasteiger partial charge in [0.2, 0.25) is 0 Å². The van der Waals surface area contributed by atoms with Gasteiger partial charge in [0.1, 0.15) is 12.7 Å². The minimum atomic E-state index is -1.26. The second-order valence-electron chi connectivity index (χ2n) is 9.94. The minimum absolute atomic E-state index is 0.0276. The monoisotopic (exact) mass is 554 g/mol. The molecular weight excluding hydrogens is 516 g/mol. The van der Waals surface area contributed by atoms with Crippen LogP contribution in [-0.4, -0.2) is 50.0 Å². The van der Waals surface area contributed by atoms with Crippen LogP contribution in [0.5, 0.6) is 23.0 Å². The van der Waals surface area contributed by atoms with Gasteiger partial charge in [-0.1, -0.05) is 44.9 Å². The summed E-state index contributed by atoms with van der Waals surface area (Å²) in [7, 11) is 3.07. The first-order valence-corrected chi connectivity index (χ1v) is 13.6. The largest absolute Gasteiger partial charge is 0.493 e. The Balaban J connectivity index is 1.93. The van der Waals surface area contributed by atoms with E-state index in [2.05, 4.69) is 6.07 Å². The fourth-order valence-corrected chi connectivity index (χ4v) is 5.63. The lowest BCUT2D eigenvalue weighted by Gasteiger charge is -2.36. The van der Waals surface area contributed by atoms with E-state index in [1.165, 1.54) is 21.1 Å². The lowest BCUT2D eigenvalue weighted by Crippen LogP contribution is -2.44. The maximum atomic E-state index is 12.3. The highest BCUT2D eigenvalue weighted by molar-refractivity contribution is 5.66. The summed E-state index contributed by atoms with van der Waals surface area (Å²) in [5.74, 6) is 1.42. The Morgan fingerprint density at radius 3 is 2.40 bits per heavy atom. The predicted molar refractivity (Wildman–Crippen MR) is 147 cm³/mol. The number of carbonyl (C=O) groups is 1. The van der Waals surface area contributed by atoms with E-state index in [9.17, 15) is 20.2 Å². The van der Waals surface area contributed by atoms with E-state index >= 15 is 0 Å². The summed E-state index contributed by atoms with van der Waals surface area (Å²) in [6, 6.07) is 13.8. The second-order valence-corrected chi connectivity index (χ2v) is 9.94. The molecule has 10 nitrogen and oxygen atoms in total. The number of rotatable bonds is 14. The van der Waals surface area contributed by atoms with E-state index < -0.39 is 34.6 Å². The highest BCUT2D eigenvalue weighted by Crippen LogP contribution is 2.44. The maximum Gasteiger partial charge on any atom is 0.303 e. The van der Waals surface area contributed by atoms with Crippen LogP contribution in [0.25, 0.3) is 0 Å². The van der Waals surface area contributed by atoms with Gasteiger partial charge in [0.15, 0.2) is 29.1 Å². The standard InChI is InChI=1S/C30H38N2O8/c1-6-21(7-2)30(19-31,22-12-13-26(36-4)29(16-22)37-5)15-14-25(39-20(3)33)24(32(34)35)17-23-18-38-27-10-8-9-11-28(27)40-23/h8-13,16,21,23-25H,6-7,14-15,17-18H2,1-5H3. The molecule has 216 valence electrons. The lowest BCUT2D eigenvalue weighted by atomic mass is 9.66. The number of nitrogens with zero attached hydrogens (tertiary/aromatic N) is 2. The number of ether oxygens (including phenoxy) is 5. The van der Waals surface area contributed by atoms with Crippen molar-refractivity contribution < 1.29 is 33.4 Å². The molecule has 0 radical (unpaired) electrons. The third-order valence-electron chi connectivity index (χ3n) is 7.69. The fourth-order valence-electron chi connectivity index (χ4n) is 5.63. The normalized spacial score (nSPS) is 17.2. The molecule has 1 heterocycles. The molecule has 0 aliphatic carbocycles. The molecule has 0 aromatic heterocycles. The zero-order chi connectivity index (χ0) is 29.3. The van der Waals surface area contributed by atoms with Crippen molar-refractivity contribution in [2.45, 2.75) is 76.5 Å².